The Kier molecular flexibility index (Phi) is 9.09. The molecule has 0 spiro atoms. The van der Waals surface area contributed by atoms with Gasteiger partial charge in [-0.1, -0.05) is 25.3 Å². The number of H-pyrrole nitrogens is 2. The maximum Gasteiger partial charge on any atom is 0.303 e. The van der Waals surface area contributed by atoms with Crippen LogP contribution in [-0.2, 0) is 33.1 Å². The number of carboxylic acid groups (broad SMARTS) is 2. The quantitative estimate of drug-likeness (QED) is 0.193. The van der Waals surface area contributed by atoms with E-state index in [1.54, 1.807) is 0 Å². The first-order valence-electron chi connectivity index (χ1n) is 13.9. The fourth-order valence-electron chi connectivity index (χ4n) is 5.77. The molecule has 0 aliphatic carbocycles. The van der Waals surface area contributed by atoms with Gasteiger partial charge in [0.1, 0.15) is 0 Å². The van der Waals surface area contributed by atoms with Gasteiger partial charge in [0.15, 0.2) is 0 Å². The van der Waals surface area contributed by atoms with Crippen molar-refractivity contribution >= 4 is 62.4 Å². The Hall–Kier alpha value is -4.46. The van der Waals surface area contributed by atoms with Crippen LogP contribution in [0.15, 0.2) is 43.5 Å². The minimum absolute atomic E-state index is 0. The molecular formula is C34H34FeN4O4. The maximum atomic E-state index is 11.5. The third-order valence-corrected chi connectivity index (χ3v) is 8.22. The zero-order chi connectivity index (χ0) is 30.3. The number of aromatic amines is 2. The zero-order valence-electron chi connectivity index (χ0n) is 24.7. The summed E-state index contributed by atoms with van der Waals surface area (Å²) in [5.41, 5.74) is 13.7. The summed E-state index contributed by atoms with van der Waals surface area (Å²) in [4.78, 5) is 40.0. The molecule has 0 saturated heterocycles. The third kappa shape index (κ3) is 5.91. The summed E-state index contributed by atoms with van der Waals surface area (Å²) in [6, 6.07) is 7.88. The predicted molar refractivity (Wildman–Crippen MR) is 169 cm³/mol. The van der Waals surface area contributed by atoms with E-state index in [-0.39, 0.29) is 29.9 Å². The molecule has 8 nitrogen and oxygen atoms in total. The van der Waals surface area contributed by atoms with Gasteiger partial charge in [-0.05, 0) is 98.2 Å². The molecule has 0 aromatic carbocycles. The first-order valence-corrected chi connectivity index (χ1v) is 13.9. The number of carboxylic acids is 2. The van der Waals surface area contributed by atoms with Gasteiger partial charge in [-0.2, -0.15) is 0 Å². The molecule has 4 N–H and O–H groups in total. The number of fused-ring (bicyclic) bond motifs is 8. The fraction of sp³-hybridized carbons (Fsp3) is 0.235. The average molecular weight is 619 g/mol. The molecule has 8 bridgehead atoms. The van der Waals surface area contributed by atoms with Crippen LogP contribution in [0.5, 0.6) is 0 Å². The summed E-state index contributed by atoms with van der Waals surface area (Å²) in [6.07, 6.45) is 4.22. The molecule has 5 rings (SSSR count). The van der Waals surface area contributed by atoms with Crippen molar-refractivity contribution in [1.82, 2.24) is 19.9 Å². The molecule has 2 aliphatic rings. The van der Waals surface area contributed by atoms with Crippen molar-refractivity contribution in [3.63, 3.8) is 0 Å². The van der Waals surface area contributed by atoms with Gasteiger partial charge in [0.25, 0.3) is 0 Å². The van der Waals surface area contributed by atoms with Crippen LogP contribution < -0.4 is 0 Å². The number of aromatic nitrogens is 4. The van der Waals surface area contributed by atoms with E-state index in [0.29, 0.717) is 24.2 Å². The van der Waals surface area contributed by atoms with Crippen molar-refractivity contribution in [3.05, 3.63) is 88.5 Å². The van der Waals surface area contributed by atoms with Crippen molar-refractivity contribution in [2.75, 3.05) is 0 Å². The van der Waals surface area contributed by atoms with Crippen LogP contribution in [0.25, 0.3) is 50.4 Å². The second-order valence-corrected chi connectivity index (χ2v) is 10.7. The first kappa shape index (κ1) is 31.5. The monoisotopic (exact) mass is 618 g/mol. The van der Waals surface area contributed by atoms with Crippen LogP contribution in [0.4, 0.5) is 0 Å². The summed E-state index contributed by atoms with van der Waals surface area (Å²) >= 11 is 0. The van der Waals surface area contributed by atoms with Crippen LogP contribution in [0.3, 0.4) is 0 Å². The van der Waals surface area contributed by atoms with Crippen LogP contribution >= 0.6 is 0 Å². The standard InChI is InChI=1S/C34H34N4O4.Fe/c1-7-21-17(3)25-13-26-19(5)23(9-11-33(39)40)31(37-26)16-32-24(10-12-34(41)42)20(6)28(38-32)15-30-22(8-2)18(4)27(36-30)14-29(21)35-25;/h7-8,13-16,36,38H,1-2,9-12H2,3-6H3,(H,39,40)(H,41,42);. The van der Waals surface area contributed by atoms with Gasteiger partial charge in [-0.3, -0.25) is 9.59 Å². The van der Waals surface area contributed by atoms with Gasteiger partial charge < -0.3 is 20.2 Å². The molecule has 0 saturated carbocycles. The van der Waals surface area contributed by atoms with Gasteiger partial charge in [-0.15, -0.1) is 0 Å². The Morgan fingerprint density at radius 1 is 0.721 bits per heavy atom. The number of aryl methyl sites for hydroxylation is 3. The first-order chi connectivity index (χ1) is 20.0. The van der Waals surface area contributed by atoms with Gasteiger partial charge >= 0.3 is 11.9 Å². The summed E-state index contributed by atoms with van der Waals surface area (Å²) < 4.78 is 0. The molecule has 0 radical (unpaired) electrons. The number of nitrogens with one attached hydrogen (secondary N) is 2. The van der Waals surface area contributed by atoms with Crippen molar-refractivity contribution in [3.8, 4) is 0 Å². The van der Waals surface area contributed by atoms with E-state index in [4.69, 9.17) is 9.97 Å². The van der Waals surface area contributed by atoms with E-state index in [9.17, 15) is 19.8 Å². The van der Waals surface area contributed by atoms with E-state index < -0.39 is 11.9 Å². The van der Waals surface area contributed by atoms with Crippen LogP contribution in [-0.4, -0.2) is 42.1 Å². The number of rotatable bonds is 8. The SMILES string of the molecule is C=CC1=C(C)c2cc3nc(cc4[nH]c(cc5[nH]c(cc1n2)c(C)c5C=C)c(C)c4CCC(=O)O)C(CCC(=O)O)=C3C.[Fe]. The number of carbonyl (C=O) groups is 2. The largest absolute Gasteiger partial charge is 0.481 e. The summed E-state index contributed by atoms with van der Waals surface area (Å²) in [7, 11) is 0. The third-order valence-electron chi connectivity index (χ3n) is 8.22. The molecule has 0 amide bonds. The van der Waals surface area contributed by atoms with Crippen molar-refractivity contribution in [2.45, 2.75) is 53.4 Å². The molecular weight excluding hydrogens is 584 g/mol. The normalized spacial score (nSPS) is 12.7. The second-order valence-electron chi connectivity index (χ2n) is 10.7. The predicted octanol–water partition coefficient (Wildman–Crippen LogP) is 7.50. The molecule has 9 heteroatoms. The van der Waals surface area contributed by atoms with Gasteiger partial charge in [0.05, 0.1) is 22.8 Å². The summed E-state index contributed by atoms with van der Waals surface area (Å²) in [5, 5.41) is 18.9. The van der Waals surface area contributed by atoms with Gasteiger partial charge in [0, 0.05) is 63.1 Å². The Bertz CT molecular complexity index is 1920. The van der Waals surface area contributed by atoms with E-state index in [1.165, 1.54) is 0 Å². The fourth-order valence-corrected chi connectivity index (χ4v) is 5.77. The topological polar surface area (TPSA) is 132 Å². The minimum Gasteiger partial charge on any atom is -0.481 e. The van der Waals surface area contributed by atoms with Crippen molar-refractivity contribution in [1.29, 1.82) is 0 Å². The molecule has 0 atom stereocenters. The Balaban J connectivity index is 0.00000423. The molecule has 5 heterocycles. The molecule has 2 aliphatic heterocycles. The number of hydrogen-bond donors (Lipinski definition) is 4. The Labute approximate surface area is 260 Å². The molecule has 0 fully saturated rings. The van der Waals surface area contributed by atoms with Gasteiger partial charge in [-0.25, -0.2) is 9.97 Å². The Morgan fingerprint density at radius 2 is 1.30 bits per heavy atom. The number of allylic oxidation sites excluding steroid dienone is 5. The second kappa shape index (κ2) is 12.4. The number of nitrogens with zero attached hydrogens (tertiary/aromatic N) is 2. The van der Waals surface area contributed by atoms with Crippen LogP contribution in [0.1, 0.15) is 78.1 Å². The average Bonchev–Trinajstić information content (AvgIpc) is 3.59. The summed E-state index contributed by atoms with van der Waals surface area (Å²) in [6.45, 7) is 16.0. The van der Waals surface area contributed by atoms with E-state index in [2.05, 4.69) is 23.1 Å². The maximum absolute atomic E-state index is 11.5. The van der Waals surface area contributed by atoms with E-state index in [0.717, 1.165) is 78.0 Å². The van der Waals surface area contributed by atoms with Gasteiger partial charge in [0.2, 0.25) is 0 Å². The number of aliphatic carboxylic acids is 2. The Morgan fingerprint density at radius 3 is 1.95 bits per heavy atom. The molecule has 3 aromatic rings. The molecule has 43 heavy (non-hydrogen) atoms. The van der Waals surface area contributed by atoms with E-state index in [1.807, 2.05) is 64.1 Å². The van der Waals surface area contributed by atoms with Crippen molar-refractivity contribution < 1.29 is 36.9 Å². The zero-order valence-corrected chi connectivity index (χ0v) is 25.8. The van der Waals surface area contributed by atoms with Crippen LogP contribution in [0.2, 0.25) is 0 Å². The van der Waals surface area contributed by atoms with E-state index >= 15 is 0 Å². The van der Waals surface area contributed by atoms with Crippen LogP contribution in [0, 0.1) is 13.8 Å². The molecule has 0 unspecified atom stereocenters. The molecule has 222 valence electrons. The minimum atomic E-state index is -0.886. The number of hydrogen-bond acceptors (Lipinski definition) is 4. The van der Waals surface area contributed by atoms with Crippen molar-refractivity contribution in [2.24, 2.45) is 0 Å². The molecule has 3 aromatic heterocycles. The summed E-state index contributed by atoms with van der Waals surface area (Å²) in [5.74, 6) is -1.76. The smallest absolute Gasteiger partial charge is 0.303 e.